The van der Waals surface area contributed by atoms with Crippen LogP contribution in [0.15, 0.2) is 35.2 Å². The van der Waals surface area contributed by atoms with Crippen molar-refractivity contribution in [2.45, 2.75) is 37.2 Å². The van der Waals surface area contributed by atoms with Crippen LogP contribution in [0.1, 0.15) is 37.0 Å². The molecule has 0 radical (unpaired) electrons. The smallest absolute Gasteiger partial charge is 0.175 e. The Bertz CT molecular complexity index is 1080. The SMILES string of the molecule is COc1c(C2=Cc3ccc(S(C)(=O)=O)cc3OC2)ccc2c1CCC(C)(C)O2. The summed E-state index contributed by atoms with van der Waals surface area (Å²) < 4.78 is 41.3. The van der Waals surface area contributed by atoms with Gasteiger partial charge in [-0.3, -0.25) is 0 Å². The molecular weight excluding hydrogens is 376 g/mol. The molecule has 28 heavy (non-hydrogen) atoms. The van der Waals surface area contributed by atoms with Crippen molar-refractivity contribution in [1.29, 1.82) is 0 Å². The lowest BCUT2D eigenvalue weighted by molar-refractivity contribution is 0.0836. The van der Waals surface area contributed by atoms with E-state index in [9.17, 15) is 8.42 Å². The molecule has 2 heterocycles. The van der Waals surface area contributed by atoms with Crippen molar-refractivity contribution < 1.29 is 22.6 Å². The molecule has 2 aliphatic rings. The van der Waals surface area contributed by atoms with Gasteiger partial charge < -0.3 is 14.2 Å². The van der Waals surface area contributed by atoms with Gasteiger partial charge in [-0.05, 0) is 63.1 Å². The van der Waals surface area contributed by atoms with Crippen LogP contribution >= 0.6 is 0 Å². The molecule has 0 saturated carbocycles. The van der Waals surface area contributed by atoms with Gasteiger partial charge in [0, 0.05) is 28.5 Å². The summed E-state index contributed by atoms with van der Waals surface area (Å²) in [5.74, 6) is 2.26. The zero-order valence-corrected chi connectivity index (χ0v) is 17.4. The van der Waals surface area contributed by atoms with Gasteiger partial charge in [0.15, 0.2) is 9.84 Å². The molecule has 2 aliphatic heterocycles. The summed E-state index contributed by atoms with van der Waals surface area (Å²) in [6.07, 6.45) is 5.04. The van der Waals surface area contributed by atoms with Crippen LogP contribution in [0.25, 0.3) is 11.6 Å². The molecule has 0 unspecified atom stereocenters. The van der Waals surface area contributed by atoms with E-state index in [0.29, 0.717) is 12.4 Å². The predicted molar refractivity (Wildman–Crippen MR) is 109 cm³/mol. The second kappa shape index (κ2) is 6.55. The predicted octanol–water partition coefficient (Wildman–Crippen LogP) is 4.14. The van der Waals surface area contributed by atoms with Gasteiger partial charge in [-0.15, -0.1) is 0 Å². The van der Waals surface area contributed by atoms with Crippen LogP contribution in [-0.4, -0.2) is 34.0 Å². The molecule has 0 aliphatic carbocycles. The summed E-state index contributed by atoms with van der Waals surface area (Å²) in [4.78, 5) is 0.259. The van der Waals surface area contributed by atoms with Crippen molar-refractivity contribution in [3.63, 3.8) is 0 Å². The number of fused-ring (bicyclic) bond motifs is 2. The maximum absolute atomic E-state index is 11.8. The molecule has 0 spiro atoms. The normalized spacial score (nSPS) is 17.5. The van der Waals surface area contributed by atoms with Crippen molar-refractivity contribution in [3.05, 3.63) is 47.0 Å². The highest BCUT2D eigenvalue weighted by Crippen LogP contribution is 2.43. The minimum absolute atomic E-state index is 0.178. The molecule has 0 fully saturated rings. The van der Waals surface area contributed by atoms with Crippen molar-refractivity contribution in [2.24, 2.45) is 0 Å². The first kappa shape index (κ1) is 18.9. The van der Waals surface area contributed by atoms with Gasteiger partial charge in [0.25, 0.3) is 0 Å². The number of rotatable bonds is 3. The fourth-order valence-electron chi connectivity index (χ4n) is 3.73. The van der Waals surface area contributed by atoms with E-state index in [1.807, 2.05) is 18.2 Å². The van der Waals surface area contributed by atoms with Crippen molar-refractivity contribution in [2.75, 3.05) is 20.0 Å². The zero-order valence-electron chi connectivity index (χ0n) is 16.5. The Hall–Kier alpha value is -2.47. The highest BCUT2D eigenvalue weighted by Gasteiger charge is 2.30. The number of benzene rings is 2. The Balaban J connectivity index is 1.75. The van der Waals surface area contributed by atoms with E-state index in [1.165, 1.54) is 6.26 Å². The fraction of sp³-hybridized carbons (Fsp3) is 0.364. The minimum atomic E-state index is -3.27. The number of hydrogen-bond donors (Lipinski definition) is 0. The van der Waals surface area contributed by atoms with E-state index < -0.39 is 9.84 Å². The molecule has 2 aromatic carbocycles. The highest BCUT2D eigenvalue weighted by atomic mass is 32.2. The number of methoxy groups -OCH3 is 1. The molecule has 4 rings (SSSR count). The topological polar surface area (TPSA) is 61.8 Å². The summed E-state index contributed by atoms with van der Waals surface area (Å²) in [5.41, 5.74) is 3.72. The van der Waals surface area contributed by atoms with Crippen LogP contribution in [0, 0.1) is 0 Å². The molecule has 148 valence electrons. The molecule has 6 heteroatoms. The molecule has 0 amide bonds. The number of hydrogen-bond acceptors (Lipinski definition) is 5. The molecular formula is C22H24O5S. The summed E-state index contributed by atoms with van der Waals surface area (Å²) in [6, 6.07) is 8.97. The molecule has 0 aromatic heterocycles. The van der Waals surface area contributed by atoms with Crippen molar-refractivity contribution in [3.8, 4) is 17.2 Å². The number of ether oxygens (including phenoxy) is 3. The van der Waals surface area contributed by atoms with E-state index in [2.05, 4.69) is 13.8 Å². The van der Waals surface area contributed by atoms with Gasteiger partial charge in [0.05, 0.1) is 12.0 Å². The van der Waals surface area contributed by atoms with Crippen LogP contribution in [0.2, 0.25) is 0 Å². The first-order valence-corrected chi connectivity index (χ1v) is 11.1. The van der Waals surface area contributed by atoms with E-state index in [0.717, 1.165) is 46.6 Å². The second-order valence-electron chi connectivity index (χ2n) is 7.91. The minimum Gasteiger partial charge on any atom is -0.496 e. The van der Waals surface area contributed by atoms with E-state index in [1.54, 1.807) is 25.3 Å². The van der Waals surface area contributed by atoms with Crippen LogP contribution in [0.5, 0.6) is 17.2 Å². The van der Waals surface area contributed by atoms with E-state index in [-0.39, 0.29) is 10.5 Å². The third kappa shape index (κ3) is 3.37. The molecule has 5 nitrogen and oxygen atoms in total. The van der Waals surface area contributed by atoms with Gasteiger partial charge >= 0.3 is 0 Å². The first-order valence-electron chi connectivity index (χ1n) is 9.25. The summed E-state index contributed by atoms with van der Waals surface area (Å²) in [5, 5.41) is 0. The Morgan fingerprint density at radius 1 is 1.11 bits per heavy atom. The maximum atomic E-state index is 11.8. The van der Waals surface area contributed by atoms with Gasteiger partial charge in [0.2, 0.25) is 0 Å². The van der Waals surface area contributed by atoms with Gasteiger partial charge in [-0.1, -0.05) is 0 Å². The van der Waals surface area contributed by atoms with Crippen LogP contribution < -0.4 is 14.2 Å². The molecule has 0 bridgehead atoms. The summed E-state index contributed by atoms with van der Waals surface area (Å²) >= 11 is 0. The molecule has 0 N–H and O–H groups in total. The third-order valence-electron chi connectivity index (χ3n) is 5.26. The number of sulfone groups is 1. The van der Waals surface area contributed by atoms with Crippen molar-refractivity contribution >= 4 is 21.5 Å². The Kier molecular flexibility index (Phi) is 4.42. The maximum Gasteiger partial charge on any atom is 0.175 e. The Labute approximate surface area is 165 Å². The fourth-order valence-corrected chi connectivity index (χ4v) is 4.37. The lowest BCUT2D eigenvalue weighted by Crippen LogP contribution is -2.32. The monoisotopic (exact) mass is 400 g/mol. The average Bonchev–Trinajstić information content (AvgIpc) is 2.64. The van der Waals surface area contributed by atoms with E-state index in [4.69, 9.17) is 14.2 Å². The highest BCUT2D eigenvalue weighted by molar-refractivity contribution is 7.90. The summed E-state index contributed by atoms with van der Waals surface area (Å²) in [6.45, 7) is 4.53. The Morgan fingerprint density at radius 2 is 1.89 bits per heavy atom. The molecule has 2 aromatic rings. The van der Waals surface area contributed by atoms with Gasteiger partial charge in [0.1, 0.15) is 29.5 Å². The van der Waals surface area contributed by atoms with Crippen LogP contribution in [0.4, 0.5) is 0 Å². The van der Waals surface area contributed by atoms with Crippen LogP contribution in [-0.2, 0) is 16.3 Å². The van der Waals surface area contributed by atoms with Gasteiger partial charge in [-0.25, -0.2) is 8.42 Å². The molecule has 0 saturated heterocycles. The Morgan fingerprint density at radius 3 is 2.61 bits per heavy atom. The third-order valence-corrected chi connectivity index (χ3v) is 6.37. The largest absolute Gasteiger partial charge is 0.496 e. The zero-order chi connectivity index (χ0) is 20.1. The molecule has 0 atom stereocenters. The standard InChI is InChI=1S/C22H24O5S/c1-22(2)10-9-18-19(27-22)8-7-17(21(18)25-3)15-11-14-5-6-16(28(4,23)24)12-20(14)26-13-15/h5-8,11-12H,9-10,13H2,1-4H3. The lowest BCUT2D eigenvalue weighted by atomic mass is 9.90. The lowest BCUT2D eigenvalue weighted by Gasteiger charge is -2.34. The van der Waals surface area contributed by atoms with Crippen molar-refractivity contribution in [1.82, 2.24) is 0 Å². The van der Waals surface area contributed by atoms with Crippen LogP contribution in [0.3, 0.4) is 0 Å². The van der Waals surface area contributed by atoms with Gasteiger partial charge in [-0.2, -0.15) is 0 Å². The average molecular weight is 400 g/mol. The first-order chi connectivity index (χ1) is 13.2. The summed E-state index contributed by atoms with van der Waals surface area (Å²) in [7, 11) is -1.59. The second-order valence-corrected chi connectivity index (χ2v) is 9.93. The quantitative estimate of drug-likeness (QED) is 0.775. The van der Waals surface area contributed by atoms with E-state index >= 15 is 0 Å².